The van der Waals surface area contributed by atoms with Crippen LogP contribution < -0.4 is 4.90 Å². The Labute approximate surface area is 129 Å². The van der Waals surface area contributed by atoms with Crippen LogP contribution in [-0.4, -0.2) is 60.7 Å². The minimum Gasteiger partial charge on any atom is -0.460 e. The first kappa shape index (κ1) is 14.7. The number of nitrogens with zero attached hydrogens (tertiary/aromatic N) is 4. The van der Waals surface area contributed by atoms with Gasteiger partial charge in [-0.1, -0.05) is 12.1 Å². The third-order valence-electron chi connectivity index (χ3n) is 3.84. The minimum atomic E-state index is -0.469. The van der Waals surface area contributed by atoms with Crippen molar-refractivity contribution < 1.29 is 9.53 Å². The molecule has 1 fully saturated rings. The Kier molecular flexibility index (Phi) is 4.20. The number of piperazine rings is 1. The first-order chi connectivity index (χ1) is 10.7. The summed E-state index contributed by atoms with van der Waals surface area (Å²) in [4.78, 5) is 25.3. The normalized spacial score (nSPS) is 16.0. The lowest BCUT2D eigenvalue weighted by Crippen LogP contribution is -2.45. The molecule has 1 saturated heterocycles. The summed E-state index contributed by atoms with van der Waals surface area (Å²) < 4.78 is 5.05. The van der Waals surface area contributed by atoms with Crippen LogP contribution >= 0.6 is 0 Å². The molecule has 2 heterocycles. The van der Waals surface area contributed by atoms with Crippen LogP contribution in [0.5, 0.6) is 0 Å². The predicted molar refractivity (Wildman–Crippen MR) is 85.2 cm³/mol. The van der Waals surface area contributed by atoms with Crippen molar-refractivity contribution in [1.29, 1.82) is 0 Å². The first-order valence-corrected chi connectivity index (χ1v) is 7.56. The molecule has 0 radical (unpaired) electrons. The topological polar surface area (TPSA) is 58.6 Å². The van der Waals surface area contributed by atoms with E-state index < -0.39 is 5.97 Å². The molecule has 0 N–H and O–H groups in total. The van der Waals surface area contributed by atoms with Gasteiger partial charge < -0.3 is 14.5 Å². The quantitative estimate of drug-likeness (QED) is 0.802. The molecule has 1 aliphatic rings. The van der Waals surface area contributed by atoms with Crippen LogP contribution in [0.2, 0.25) is 0 Å². The molecule has 3 rings (SSSR count). The summed E-state index contributed by atoms with van der Waals surface area (Å²) in [6.45, 7) is 5.83. The number of aromatic nitrogens is 2. The Balaban J connectivity index is 2.04. The van der Waals surface area contributed by atoms with Crippen molar-refractivity contribution in [3.8, 4) is 0 Å². The second-order valence-corrected chi connectivity index (χ2v) is 5.40. The molecule has 0 saturated carbocycles. The summed E-state index contributed by atoms with van der Waals surface area (Å²) in [6, 6.07) is 7.78. The van der Waals surface area contributed by atoms with E-state index in [1.807, 2.05) is 24.3 Å². The zero-order valence-corrected chi connectivity index (χ0v) is 13.0. The fourth-order valence-corrected chi connectivity index (χ4v) is 2.61. The lowest BCUT2D eigenvalue weighted by Gasteiger charge is -2.33. The van der Waals surface area contributed by atoms with Gasteiger partial charge in [0.1, 0.15) is 5.82 Å². The molecular formula is C16H20N4O2. The molecule has 1 aliphatic heterocycles. The average molecular weight is 300 g/mol. The number of anilines is 1. The Bertz CT molecular complexity index is 681. The zero-order valence-electron chi connectivity index (χ0n) is 13.0. The lowest BCUT2D eigenvalue weighted by atomic mass is 10.2. The molecule has 0 bridgehead atoms. The number of hydrogen-bond donors (Lipinski definition) is 0. The second-order valence-electron chi connectivity index (χ2n) is 5.40. The molecule has 6 heteroatoms. The van der Waals surface area contributed by atoms with Crippen LogP contribution in [-0.2, 0) is 4.74 Å². The number of esters is 1. The van der Waals surface area contributed by atoms with Gasteiger partial charge in [0.25, 0.3) is 0 Å². The van der Waals surface area contributed by atoms with E-state index in [9.17, 15) is 4.79 Å². The van der Waals surface area contributed by atoms with E-state index in [0.29, 0.717) is 6.61 Å². The molecule has 22 heavy (non-hydrogen) atoms. The highest BCUT2D eigenvalue weighted by atomic mass is 16.5. The standard InChI is InChI=1S/C16H20N4O2/c1-3-22-16(21)14-17-13-7-5-4-6-12(13)15(18-14)20-10-8-19(2)9-11-20/h4-7H,3,8-11H2,1-2H3. The van der Waals surface area contributed by atoms with Crippen molar-refractivity contribution in [1.82, 2.24) is 14.9 Å². The third kappa shape index (κ3) is 2.87. The van der Waals surface area contributed by atoms with Crippen molar-refractivity contribution in [3.63, 3.8) is 0 Å². The van der Waals surface area contributed by atoms with E-state index in [1.54, 1.807) is 6.92 Å². The molecule has 0 aliphatic carbocycles. The molecule has 1 aromatic carbocycles. The van der Waals surface area contributed by atoms with Gasteiger partial charge in [0.2, 0.25) is 5.82 Å². The van der Waals surface area contributed by atoms with Gasteiger partial charge in [-0.05, 0) is 26.1 Å². The minimum absolute atomic E-state index is 0.134. The number of rotatable bonds is 3. The number of hydrogen-bond acceptors (Lipinski definition) is 6. The van der Waals surface area contributed by atoms with E-state index in [2.05, 4.69) is 26.8 Å². The van der Waals surface area contributed by atoms with Gasteiger partial charge >= 0.3 is 5.97 Å². The Morgan fingerprint density at radius 2 is 1.91 bits per heavy atom. The molecule has 0 amide bonds. The summed E-state index contributed by atoms with van der Waals surface area (Å²) in [6.07, 6.45) is 0. The van der Waals surface area contributed by atoms with Crippen molar-refractivity contribution in [3.05, 3.63) is 30.1 Å². The smallest absolute Gasteiger partial charge is 0.376 e. The maximum atomic E-state index is 12.0. The van der Waals surface area contributed by atoms with E-state index in [1.165, 1.54) is 0 Å². The fraction of sp³-hybridized carbons (Fsp3) is 0.438. The maximum absolute atomic E-state index is 12.0. The number of ether oxygens (including phenoxy) is 1. The van der Waals surface area contributed by atoms with Gasteiger partial charge in [0.15, 0.2) is 0 Å². The Morgan fingerprint density at radius 1 is 1.18 bits per heavy atom. The SMILES string of the molecule is CCOC(=O)c1nc(N2CCN(C)CC2)c2ccccc2n1. The second kappa shape index (κ2) is 6.27. The van der Waals surface area contributed by atoms with E-state index in [0.717, 1.165) is 42.9 Å². The van der Waals surface area contributed by atoms with E-state index in [-0.39, 0.29) is 5.82 Å². The summed E-state index contributed by atoms with van der Waals surface area (Å²) in [5, 5.41) is 0.972. The molecule has 116 valence electrons. The average Bonchev–Trinajstić information content (AvgIpc) is 2.55. The lowest BCUT2D eigenvalue weighted by molar-refractivity contribution is 0.0512. The van der Waals surface area contributed by atoms with Crippen LogP contribution in [0.15, 0.2) is 24.3 Å². The molecule has 0 unspecified atom stereocenters. The molecule has 1 aromatic heterocycles. The van der Waals surface area contributed by atoms with Crippen molar-refractivity contribution >= 4 is 22.7 Å². The number of para-hydroxylation sites is 1. The largest absolute Gasteiger partial charge is 0.460 e. The highest BCUT2D eigenvalue weighted by Crippen LogP contribution is 2.24. The van der Waals surface area contributed by atoms with Gasteiger partial charge in [-0.3, -0.25) is 0 Å². The number of carbonyl (C=O) groups excluding carboxylic acids is 1. The molecule has 6 nitrogen and oxygen atoms in total. The monoisotopic (exact) mass is 300 g/mol. The van der Waals surface area contributed by atoms with Gasteiger partial charge in [0, 0.05) is 31.6 Å². The van der Waals surface area contributed by atoms with Gasteiger partial charge in [-0.2, -0.15) is 0 Å². The summed E-state index contributed by atoms with van der Waals surface area (Å²) in [5.74, 6) is 0.486. The Hall–Kier alpha value is -2.21. The first-order valence-electron chi connectivity index (χ1n) is 7.56. The molecular weight excluding hydrogens is 280 g/mol. The summed E-state index contributed by atoms with van der Waals surface area (Å²) in [7, 11) is 2.11. The number of fused-ring (bicyclic) bond motifs is 1. The van der Waals surface area contributed by atoms with Crippen molar-refractivity contribution in [2.24, 2.45) is 0 Å². The molecule has 0 spiro atoms. The van der Waals surface area contributed by atoms with Crippen LogP contribution in [0.1, 0.15) is 17.5 Å². The number of benzene rings is 1. The fourth-order valence-electron chi connectivity index (χ4n) is 2.61. The third-order valence-corrected chi connectivity index (χ3v) is 3.84. The zero-order chi connectivity index (χ0) is 15.5. The van der Waals surface area contributed by atoms with E-state index in [4.69, 9.17) is 4.74 Å². The highest BCUT2D eigenvalue weighted by Gasteiger charge is 2.21. The van der Waals surface area contributed by atoms with E-state index >= 15 is 0 Å². The van der Waals surface area contributed by atoms with Crippen LogP contribution in [0.3, 0.4) is 0 Å². The van der Waals surface area contributed by atoms with Crippen LogP contribution in [0.4, 0.5) is 5.82 Å². The van der Waals surface area contributed by atoms with Crippen LogP contribution in [0.25, 0.3) is 10.9 Å². The molecule has 0 atom stereocenters. The maximum Gasteiger partial charge on any atom is 0.376 e. The number of likely N-dealkylation sites (N-methyl/N-ethyl adjacent to an activating group) is 1. The van der Waals surface area contributed by atoms with Crippen LogP contribution in [0, 0.1) is 0 Å². The summed E-state index contributed by atoms with van der Waals surface area (Å²) in [5.41, 5.74) is 0.773. The van der Waals surface area contributed by atoms with Crippen molar-refractivity contribution in [2.45, 2.75) is 6.92 Å². The predicted octanol–water partition coefficient (Wildman–Crippen LogP) is 1.56. The molecule has 2 aromatic rings. The highest BCUT2D eigenvalue weighted by molar-refractivity contribution is 5.94. The number of carbonyl (C=O) groups is 1. The van der Waals surface area contributed by atoms with Gasteiger partial charge in [0.05, 0.1) is 12.1 Å². The van der Waals surface area contributed by atoms with Gasteiger partial charge in [-0.15, -0.1) is 0 Å². The summed E-state index contributed by atoms with van der Waals surface area (Å²) >= 11 is 0. The van der Waals surface area contributed by atoms with Crippen molar-refractivity contribution in [2.75, 3.05) is 44.7 Å². The Morgan fingerprint density at radius 3 is 2.64 bits per heavy atom. The van der Waals surface area contributed by atoms with Gasteiger partial charge in [-0.25, -0.2) is 14.8 Å².